The van der Waals surface area contributed by atoms with Gasteiger partial charge in [0.1, 0.15) is 12.0 Å². The number of hydrogen-bond acceptors (Lipinski definition) is 6. The topological polar surface area (TPSA) is 70.3 Å². The van der Waals surface area contributed by atoms with Crippen LogP contribution >= 0.6 is 0 Å². The molecule has 5 rings (SSSR count). The Morgan fingerprint density at radius 1 is 0.811 bits per heavy atom. The summed E-state index contributed by atoms with van der Waals surface area (Å²) in [5.74, 6) is 1.45. The van der Waals surface area contributed by atoms with Gasteiger partial charge in [0.25, 0.3) is 0 Å². The van der Waals surface area contributed by atoms with Crippen LogP contribution in [0.5, 0.6) is 0 Å². The van der Waals surface area contributed by atoms with E-state index >= 15 is 0 Å². The zero-order chi connectivity index (χ0) is 25.5. The first-order valence-corrected chi connectivity index (χ1v) is 13.3. The number of benzene rings is 3. The van der Waals surface area contributed by atoms with E-state index in [-0.39, 0.29) is 6.04 Å². The van der Waals surface area contributed by atoms with Crippen LogP contribution in [0.1, 0.15) is 42.5 Å². The van der Waals surface area contributed by atoms with Crippen molar-refractivity contribution in [3.63, 3.8) is 0 Å². The second-order valence-electron chi connectivity index (χ2n) is 9.63. The Hall–Kier alpha value is -3.90. The zero-order valence-electron chi connectivity index (χ0n) is 21.6. The molecule has 0 bridgehead atoms. The quantitative estimate of drug-likeness (QED) is 0.296. The van der Waals surface area contributed by atoms with Gasteiger partial charge in [0, 0.05) is 31.9 Å². The van der Waals surface area contributed by atoms with E-state index < -0.39 is 0 Å². The number of anilines is 4. The lowest BCUT2D eigenvalue weighted by Crippen LogP contribution is -2.48. The van der Waals surface area contributed by atoms with Crippen LogP contribution in [0.2, 0.25) is 0 Å². The molecule has 6 heteroatoms. The van der Waals surface area contributed by atoms with Crippen molar-refractivity contribution in [2.75, 3.05) is 42.1 Å². The van der Waals surface area contributed by atoms with Crippen molar-refractivity contribution in [3.05, 3.63) is 108 Å². The van der Waals surface area contributed by atoms with E-state index in [1.165, 1.54) is 29.5 Å². The largest absolute Gasteiger partial charge is 0.393 e. The smallest absolute Gasteiger partial charge is 0.159 e. The lowest BCUT2D eigenvalue weighted by atomic mass is 9.96. The highest BCUT2D eigenvalue weighted by molar-refractivity contribution is 5.78. The fraction of sp³-hybridized carbons (Fsp3) is 0.290. The number of hydrogen-bond donors (Lipinski definition) is 2. The van der Waals surface area contributed by atoms with Gasteiger partial charge in [0.2, 0.25) is 0 Å². The Bertz CT molecular complexity index is 1210. The molecule has 0 radical (unpaired) electrons. The second-order valence-corrected chi connectivity index (χ2v) is 9.63. The Morgan fingerprint density at radius 2 is 1.43 bits per heavy atom. The molecule has 190 valence electrons. The third-order valence-electron chi connectivity index (χ3n) is 7.11. The third kappa shape index (κ3) is 5.92. The van der Waals surface area contributed by atoms with Crippen molar-refractivity contribution in [1.29, 1.82) is 0 Å². The van der Waals surface area contributed by atoms with Gasteiger partial charge in [-0.1, -0.05) is 86.1 Å². The number of rotatable bonds is 9. The third-order valence-corrected chi connectivity index (χ3v) is 7.11. The number of unbranched alkanes of at least 4 members (excludes halogenated alkanes) is 1. The normalized spacial score (nSPS) is 14.2. The Kier molecular flexibility index (Phi) is 7.96. The molecule has 0 atom stereocenters. The predicted octanol–water partition coefficient (Wildman–Crippen LogP) is 6.06. The summed E-state index contributed by atoms with van der Waals surface area (Å²) in [6.45, 7) is 5.75. The van der Waals surface area contributed by atoms with Crippen molar-refractivity contribution < 1.29 is 0 Å². The maximum absolute atomic E-state index is 6.59. The molecule has 4 aromatic rings. The molecule has 0 aliphatic carbocycles. The van der Waals surface area contributed by atoms with Gasteiger partial charge in [0.05, 0.1) is 6.04 Å². The summed E-state index contributed by atoms with van der Waals surface area (Å²) in [7, 11) is 0. The van der Waals surface area contributed by atoms with Gasteiger partial charge in [-0.15, -0.1) is 0 Å². The Labute approximate surface area is 220 Å². The number of nitrogens with two attached hydrogens (primary N) is 1. The first-order chi connectivity index (χ1) is 18.2. The van der Waals surface area contributed by atoms with Crippen LogP contribution in [0.4, 0.5) is 23.0 Å². The first kappa shape index (κ1) is 24.8. The fourth-order valence-corrected chi connectivity index (χ4v) is 5.09. The molecule has 37 heavy (non-hydrogen) atoms. The van der Waals surface area contributed by atoms with E-state index in [0.29, 0.717) is 11.5 Å². The van der Waals surface area contributed by atoms with Crippen LogP contribution in [0.3, 0.4) is 0 Å². The van der Waals surface area contributed by atoms with Crippen LogP contribution in [-0.4, -0.2) is 41.0 Å². The first-order valence-electron chi connectivity index (χ1n) is 13.3. The number of piperazine rings is 1. The molecule has 1 aliphatic heterocycles. The number of aromatic nitrogens is 2. The summed E-state index contributed by atoms with van der Waals surface area (Å²) >= 11 is 0. The molecule has 1 fully saturated rings. The van der Waals surface area contributed by atoms with Crippen LogP contribution in [-0.2, 0) is 6.42 Å². The lowest BCUT2D eigenvalue weighted by Gasteiger charge is -2.40. The van der Waals surface area contributed by atoms with Crippen molar-refractivity contribution in [3.8, 4) is 0 Å². The SMILES string of the molecule is CCCCc1ccc(Nc2ncnc(N3CCN(C(c4ccccc4)c4ccccc4)CC3)c2N)cc1. The number of nitrogen functional groups attached to an aromatic ring is 1. The second kappa shape index (κ2) is 11.9. The molecule has 3 aromatic carbocycles. The van der Waals surface area contributed by atoms with Crippen LogP contribution < -0.4 is 16.0 Å². The van der Waals surface area contributed by atoms with Gasteiger partial charge >= 0.3 is 0 Å². The van der Waals surface area contributed by atoms with Crippen molar-refractivity contribution in [1.82, 2.24) is 14.9 Å². The summed E-state index contributed by atoms with van der Waals surface area (Å²) in [4.78, 5) is 13.8. The maximum Gasteiger partial charge on any atom is 0.159 e. The number of nitrogens with zero attached hydrogens (tertiary/aromatic N) is 4. The molecule has 0 saturated carbocycles. The maximum atomic E-state index is 6.59. The highest BCUT2D eigenvalue weighted by Crippen LogP contribution is 2.33. The molecule has 1 saturated heterocycles. The molecule has 6 nitrogen and oxygen atoms in total. The standard InChI is InChI=1S/C31H36N6/c1-2-3-10-24-15-17-27(18-16-24)35-30-28(32)31(34-23-33-30)37-21-19-36(20-22-37)29(25-11-6-4-7-12-25)26-13-8-5-9-14-26/h4-9,11-18,23,29H,2-3,10,19-22,32H2,1H3,(H,33,34,35). The number of aryl methyl sites for hydroxylation is 1. The molecule has 3 N–H and O–H groups in total. The summed E-state index contributed by atoms with van der Waals surface area (Å²) in [6.07, 6.45) is 5.12. The predicted molar refractivity (Wildman–Crippen MR) is 153 cm³/mol. The van der Waals surface area contributed by atoms with Gasteiger partial charge in [-0.25, -0.2) is 9.97 Å². The molecule has 2 heterocycles. The average molecular weight is 493 g/mol. The van der Waals surface area contributed by atoms with Gasteiger partial charge in [-0.3, -0.25) is 4.90 Å². The summed E-state index contributed by atoms with van der Waals surface area (Å²) in [5, 5.41) is 3.39. The van der Waals surface area contributed by atoms with Crippen LogP contribution in [0, 0.1) is 0 Å². The van der Waals surface area contributed by atoms with Crippen molar-refractivity contribution in [2.45, 2.75) is 32.2 Å². The van der Waals surface area contributed by atoms with E-state index in [1.807, 2.05) is 0 Å². The summed E-state index contributed by atoms with van der Waals surface area (Å²) < 4.78 is 0. The van der Waals surface area contributed by atoms with E-state index in [0.717, 1.165) is 44.1 Å². The molecular weight excluding hydrogens is 456 g/mol. The molecule has 1 aromatic heterocycles. The highest BCUT2D eigenvalue weighted by atomic mass is 15.3. The monoisotopic (exact) mass is 492 g/mol. The fourth-order valence-electron chi connectivity index (χ4n) is 5.09. The van der Waals surface area contributed by atoms with Gasteiger partial charge in [-0.2, -0.15) is 0 Å². The van der Waals surface area contributed by atoms with E-state index in [2.05, 4.69) is 117 Å². The van der Waals surface area contributed by atoms with E-state index in [9.17, 15) is 0 Å². The number of nitrogens with one attached hydrogen (secondary N) is 1. The molecule has 0 spiro atoms. The summed E-state index contributed by atoms with van der Waals surface area (Å²) in [5.41, 5.74) is 12.1. The minimum Gasteiger partial charge on any atom is -0.393 e. The van der Waals surface area contributed by atoms with E-state index in [1.54, 1.807) is 6.33 Å². The van der Waals surface area contributed by atoms with Gasteiger partial charge in [-0.05, 0) is 41.7 Å². The van der Waals surface area contributed by atoms with Crippen molar-refractivity contribution >= 4 is 23.0 Å². The Balaban J connectivity index is 1.28. The van der Waals surface area contributed by atoms with Gasteiger partial charge < -0.3 is 16.0 Å². The molecule has 1 aliphatic rings. The lowest BCUT2D eigenvalue weighted by molar-refractivity contribution is 0.212. The molecule has 0 amide bonds. The van der Waals surface area contributed by atoms with E-state index in [4.69, 9.17) is 5.73 Å². The minimum atomic E-state index is 0.227. The summed E-state index contributed by atoms with van der Waals surface area (Å²) in [6, 6.07) is 30.3. The van der Waals surface area contributed by atoms with Crippen molar-refractivity contribution in [2.24, 2.45) is 0 Å². The molecule has 0 unspecified atom stereocenters. The Morgan fingerprint density at radius 3 is 2.03 bits per heavy atom. The zero-order valence-corrected chi connectivity index (χ0v) is 21.6. The van der Waals surface area contributed by atoms with Crippen LogP contribution in [0.15, 0.2) is 91.3 Å². The average Bonchev–Trinajstić information content (AvgIpc) is 2.96. The minimum absolute atomic E-state index is 0.227. The van der Waals surface area contributed by atoms with Gasteiger partial charge in [0.15, 0.2) is 11.6 Å². The highest BCUT2D eigenvalue weighted by Gasteiger charge is 2.28. The molecular formula is C31H36N6. The van der Waals surface area contributed by atoms with Crippen LogP contribution in [0.25, 0.3) is 0 Å².